The van der Waals surface area contributed by atoms with Gasteiger partial charge in [-0.25, -0.2) is 4.79 Å². The summed E-state index contributed by atoms with van der Waals surface area (Å²) in [6.07, 6.45) is 4.81. The summed E-state index contributed by atoms with van der Waals surface area (Å²) in [5, 5.41) is 12.2. The summed E-state index contributed by atoms with van der Waals surface area (Å²) in [5.74, 6) is -0.965. The van der Waals surface area contributed by atoms with Crippen molar-refractivity contribution in [2.24, 2.45) is 11.3 Å². The topological polar surface area (TPSA) is 78.9 Å². The Morgan fingerprint density at radius 1 is 1.20 bits per heavy atom. The first-order chi connectivity index (χ1) is 11.8. The molecule has 25 heavy (non-hydrogen) atoms. The Kier molecular flexibility index (Phi) is 6.72. The van der Waals surface area contributed by atoms with Crippen LogP contribution in [0.15, 0.2) is 0 Å². The maximum absolute atomic E-state index is 12.9. The normalized spacial score (nSPS) is 31.0. The molecule has 2 fully saturated rings. The molecular weight excluding hydrogens is 320 g/mol. The van der Waals surface area contributed by atoms with Crippen LogP contribution in [0.5, 0.6) is 0 Å². The molecule has 2 aliphatic carbocycles. The maximum Gasteiger partial charge on any atom is 0.317 e. The lowest BCUT2D eigenvalue weighted by Crippen LogP contribution is -2.65. The van der Waals surface area contributed by atoms with Crippen molar-refractivity contribution in [2.75, 3.05) is 13.2 Å². The molecule has 0 aromatic heterocycles. The third kappa shape index (κ3) is 4.46. The van der Waals surface area contributed by atoms with Gasteiger partial charge in [0, 0.05) is 30.7 Å². The van der Waals surface area contributed by atoms with Crippen LogP contribution < -0.4 is 5.32 Å². The van der Waals surface area contributed by atoms with Crippen molar-refractivity contribution in [3.05, 3.63) is 0 Å². The summed E-state index contributed by atoms with van der Waals surface area (Å²) < 4.78 is 5.80. The summed E-state index contributed by atoms with van der Waals surface area (Å²) in [7, 11) is 0. The molecule has 0 heterocycles. The Morgan fingerprint density at radius 2 is 1.84 bits per heavy atom. The molecule has 2 saturated carbocycles. The average Bonchev–Trinajstić information content (AvgIpc) is 2.57. The highest BCUT2D eigenvalue weighted by Gasteiger charge is 2.52. The minimum Gasteiger partial charge on any atom is -0.481 e. The van der Waals surface area contributed by atoms with Gasteiger partial charge >= 0.3 is 12.0 Å². The molecule has 2 amide bonds. The minimum absolute atomic E-state index is 0.00588. The summed E-state index contributed by atoms with van der Waals surface area (Å²) in [5.41, 5.74) is -0.0382. The largest absolute Gasteiger partial charge is 0.481 e. The maximum atomic E-state index is 12.9. The standard InChI is InChI=1S/C19H34N2O4/c1-5-11-21(15-12-16(25-6-2)19(15,3)4)18(24)20-14-9-7-13(8-10-14)17(22)23/h13-16H,5-12H2,1-4H3,(H,20,24)(H,22,23). The second kappa shape index (κ2) is 8.39. The summed E-state index contributed by atoms with van der Waals surface area (Å²) in [6.45, 7) is 9.89. The first kappa shape index (κ1) is 20.0. The van der Waals surface area contributed by atoms with Gasteiger partial charge in [0.25, 0.3) is 0 Å². The summed E-state index contributed by atoms with van der Waals surface area (Å²) >= 11 is 0. The van der Waals surface area contributed by atoms with E-state index in [1.165, 1.54) is 0 Å². The predicted molar refractivity (Wildman–Crippen MR) is 96.5 cm³/mol. The number of carboxylic acid groups (broad SMARTS) is 1. The van der Waals surface area contributed by atoms with Gasteiger partial charge in [-0.3, -0.25) is 4.79 Å². The Bertz CT molecular complexity index is 472. The van der Waals surface area contributed by atoms with Crippen LogP contribution >= 0.6 is 0 Å². The Balaban J connectivity index is 1.92. The van der Waals surface area contributed by atoms with Crippen molar-refractivity contribution in [2.45, 2.75) is 84.4 Å². The van der Waals surface area contributed by atoms with Gasteiger partial charge in [0.15, 0.2) is 0 Å². The van der Waals surface area contributed by atoms with E-state index in [2.05, 4.69) is 26.1 Å². The van der Waals surface area contributed by atoms with Crippen molar-refractivity contribution in [1.82, 2.24) is 10.2 Å². The zero-order valence-electron chi connectivity index (χ0n) is 16.1. The van der Waals surface area contributed by atoms with Crippen LogP contribution in [0.1, 0.15) is 66.2 Å². The monoisotopic (exact) mass is 354 g/mol. The van der Waals surface area contributed by atoms with Crippen LogP contribution in [-0.4, -0.2) is 53.3 Å². The van der Waals surface area contributed by atoms with Crippen LogP contribution in [0.2, 0.25) is 0 Å². The number of rotatable bonds is 7. The fourth-order valence-corrected chi connectivity index (χ4v) is 4.26. The zero-order chi connectivity index (χ0) is 18.6. The van der Waals surface area contributed by atoms with Gasteiger partial charge in [-0.2, -0.15) is 0 Å². The number of carbonyl (C=O) groups is 2. The molecule has 0 saturated heterocycles. The van der Waals surface area contributed by atoms with E-state index in [1.807, 2.05) is 11.8 Å². The average molecular weight is 354 g/mol. The molecule has 2 aliphatic rings. The Labute approximate surface area is 151 Å². The second-order valence-corrected chi connectivity index (χ2v) is 8.05. The van der Waals surface area contributed by atoms with Gasteiger partial charge in [0.2, 0.25) is 0 Å². The first-order valence-corrected chi connectivity index (χ1v) is 9.72. The van der Waals surface area contributed by atoms with Crippen LogP contribution in [0.25, 0.3) is 0 Å². The number of carboxylic acids is 1. The highest BCUT2D eigenvalue weighted by atomic mass is 16.5. The van der Waals surface area contributed by atoms with Crippen LogP contribution in [0.3, 0.4) is 0 Å². The number of aliphatic carboxylic acids is 1. The van der Waals surface area contributed by atoms with E-state index in [9.17, 15) is 9.59 Å². The third-order valence-electron chi connectivity index (χ3n) is 6.00. The molecule has 6 heteroatoms. The molecule has 2 unspecified atom stereocenters. The highest BCUT2D eigenvalue weighted by Crippen LogP contribution is 2.46. The zero-order valence-corrected chi connectivity index (χ0v) is 16.1. The van der Waals surface area contributed by atoms with Gasteiger partial charge in [-0.1, -0.05) is 20.8 Å². The molecule has 0 spiro atoms. The van der Waals surface area contributed by atoms with Crippen molar-refractivity contribution < 1.29 is 19.4 Å². The lowest BCUT2D eigenvalue weighted by molar-refractivity contribution is -0.142. The molecule has 2 rings (SSSR count). The first-order valence-electron chi connectivity index (χ1n) is 9.72. The molecule has 2 N–H and O–H groups in total. The fourth-order valence-electron chi connectivity index (χ4n) is 4.26. The molecule has 2 atom stereocenters. The van der Waals surface area contributed by atoms with Crippen molar-refractivity contribution in [1.29, 1.82) is 0 Å². The Morgan fingerprint density at radius 3 is 2.32 bits per heavy atom. The molecule has 6 nitrogen and oxygen atoms in total. The molecule has 0 bridgehead atoms. The smallest absolute Gasteiger partial charge is 0.317 e. The van der Waals surface area contributed by atoms with Gasteiger partial charge in [0.1, 0.15) is 0 Å². The fraction of sp³-hybridized carbons (Fsp3) is 0.895. The SMILES string of the molecule is CCCN(C(=O)NC1CCC(C(=O)O)CC1)C1CC(OCC)C1(C)C. The quantitative estimate of drug-likeness (QED) is 0.735. The lowest BCUT2D eigenvalue weighted by atomic mass is 9.63. The lowest BCUT2D eigenvalue weighted by Gasteiger charge is -2.55. The third-order valence-corrected chi connectivity index (χ3v) is 6.00. The van der Waals surface area contributed by atoms with E-state index in [0.29, 0.717) is 19.4 Å². The molecular formula is C19H34N2O4. The molecule has 0 aromatic carbocycles. The number of hydrogen-bond donors (Lipinski definition) is 2. The highest BCUT2D eigenvalue weighted by molar-refractivity contribution is 5.75. The van der Waals surface area contributed by atoms with Crippen LogP contribution in [0, 0.1) is 11.3 Å². The summed E-state index contributed by atoms with van der Waals surface area (Å²) in [4.78, 5) is 25.9. The second-order valence-electron chi connectivity index (χ2n) is 8.05. The summed E-state index contributed by atoms with van der Waals surface area (Å²) in [6, 6.07) is 0.279. The van der Waals surface area contributed by atoms with Gasteiger partial charge in [-0.05, 0) is 45.4 Å². The van der Waals surface area contributed by atoms with E-state index in [0.717, 1.165) is 32.2 Å². The van der Waals surface area contributed by atoms with Gasteiger partial charge < -0.3 is 20.1 Å². The van der Waals surface area contributed by atoms with Crippen molar-refractivity contribution in [3.63, 3.8) is 0 Å². The molecule has 0 radical (unpaired) electrons. The van der Waals surface area contributed by atoms with E-state index >= 15 is 0 Å². The van der Waals surface area contributed by atoms with Gasteiger partial charge in [0.05, 0.1) is 12.0 Å². The van der Waals surface area contributed by atoms with Crippen molar-refractivity contribution in [3.8, 4) is 0 Å². The number of carbonyl (C=O) groups excluding carboxylic acids is 1. The minimum atomic E-state index is -0.712. The van der Waals surface area contributed by atoms with Gasteiger partial charge in [-0.15, -0.1) is 0 Å². The van der Waals surface area contributed by atoms with E-state index in [4.69, 9.17) is 9.84 Å². The van der Waals surface area contributed by atoms with E-state index < -0.39 is 5.97 Å². The number of amides is 2. The van der Waals surface area contributed by atoms with Crippen LogP contribution in [-0.2, 0) is 9.53 Å². The van der Waals surface area contributed by atoms with E-state index in [1.54, 1.807) is 0 Å². The number of ether oxygens (including phenoxy) is 1. The number of hydrogen-bond acceptors (Lipinski definition) is 3. The Hall–Kier alpha value is -1.30. The number of nitrogens with zero attached hydrogens (tertiary/aromatic N) is 1. The molecule has 0 aliphatic heterocycles. The number of nitrogens with one attached hydrogen (secondary N) is 1. The number of urea groups is 1. The van der Waals surface area contributed by atoms with Crippen LogP contribution in [0.4, 0.5) is 4.79 Å². The molecule has 0 aromatic rings. The van der Waals surface area contributed by atoms with Crippen molar-refractivity contribution >= 4 is 12.0 Å². The van der Waals surface area contributed by atoms with E-state index in [-0.39, 0.29) is 35.6 Å². The predicted octanol–water partition coefficient (Wildman–Crippen LogP) is 3.26. The molecule has 144 valence electrons.